The lowest BCUT2D eigenvalue weighted by molar-refractivity contribution is -0.138. The molecule has 0 saturated carbocycles. The van der Waals surface area contributed by atoms with E-state index in [1.54, 1.807) is 6.92 Å². The number of carboxylic acid groups (broad SMARTS) is 1. The van der Waals surface area contributed by atoms with Crippen LogP contribution in [0.3, 0.4) is 0 Å². The summed E-state index contributed by atoms with van der Waals surface area (Å²) in [5, 5.41) is 9.04. The Morgan fingerprint density at radius 1 is 1.59 bits per heavy atom. The Labute approximate surface area is 102 Å². The molecule has 3 nitrogen and oxygen atoms in total. The lowest BCUT2D eigenvalue weighted by atomic mass is 9.95. The van der Waals surface area contributed by atoms with E-state index in [-0.39, 0.29) is 0 Å². The third kappa shape index (κ3) is 2.02. The number of carbonyl (C=O) groups is 1. The normalized spacial score (nSPS) is 20.2. The molecule has 1 aliphatic heterocycles. The van der Waals surface area contributed by atoms with Gasteiger partial charge in [-0.15, -0.1) is 0 Å². The van der Waals surface area contributed by atoms with Crippen LogP contribution in [0.4, 0.5) is 5.69 Å². The third-order valence-electron chi connectivity index (χ3n) is 3.67. The van der Waals surface area contributed by atoms with Gasteiger partial charge in [-0.2, -0.15) is 0 Å². The second-order valence-electron chi connectivity index (χ2n) is 4.82. The van der Waals surface area contributed by atoms with Crippen LogP contribution in [-0.2, 0) is 4.79 Å². The number of carboxylic acids is 1. The molecule has 2 atom stereocenters. The van der Waals surface area contributed by atoms with Gasteiger partial charge in [-0.3, -0.25) is 4.79 Å². The van der Waals surface area contributed by atoms with Crippen LogP contribution in [0.2, 0.25) is 0 Å². The molecule has 17 heavy (non-hydrogen) atoms. The number of hydrogen-bond donors (Lipinski definition) is 1. The first-order valence-corrected chi connectivity index (χ1v) is 6.16. The van der Waals surface area contributed by atoms with Crippen LogP contribution < -0.4 is 4.90 Å². The Kier molecular flexibility index (Phi) is 3.09. The molecule has 0 saturated heterocycles. The number of fused-ring (bicyclic) bond motifs is 1. The van der Waals surface area contributed by atoms with Gasteiger partial charge in [0.05, 0.1) is 5.92 Å². The quantitative estimate of drug-likeness (QED) is 0.872. The van der Waals surface area contributed by atoms with Crippen LogP contribution in [0.5, 0.6) is 0 Å². The van der Waals surface area contributed by atoms with E-state index in [1.165, 1.54) is 11.3 Å². The largest absolute Gasteiger partial charge is 0.481 e. The van der Waals surface area contributed by atoms with E-state index in [0.717, 1.165) is 18.7 Å². The molecule has 1 aromatic carbocycles. The molecule has 0 fully saturated rings. The van der Waals surface area contributed by atoms with Crippen molar-refractivity contribution in [2.75, 3.05) is 18.0 Å². The van der Waals surface area contributed by atoms with Gasteiger partial charge in [0.25, 0.3) is 0 Å². The first kappa shape index (κ1) is 12.0. The van der Waals surface area contributed by atoms with Crippen molar-refractivity contribution in [3.8, 4) is 0 Å². The highest BCUT2D eigenvalue weighted by molar-refractivity contribution is 5.76. The van der Waals surface area contributed by atoms with E-state index in [1.807, 2.05) is 6.07 Å². The maximum absolute atomic E-state index is 11.0. The summed E-state index contributed by atoms with van der Waals surface area (Å²) in [6.45, 7) is 8.13. The minimum atomic E-state index is -0.761. The minimum Gasteiger partial charge on any atom is -0.481 e. The molecule has 0 radical (unpaired) electrons. The number of rotatable bonds is 3. The van der Waals surface area contributed by atoms with Crippen molar-refractivity contribution < 1.29 is 9.90 Å². The SMILES string of the molecule is CCN1CC(C)c2cc(C(C)C(=O)O)ccc21. The van der Waals surface area contributed by atoms with E-state index in [2.05, 4.69) is 30.9 Å². The molecule has 0 aliphatic carbocycles. The van der Waals surface area contributed by atoms with Gasteiger partial charge in [0.2, 0.25) is 0 Å². The lowest BCUT2D eigenvalue weighted by Gasteiger charge is -2.17. The molecule has 0 amide bonds. The Morgan fingerprint density at radius 2 is 2.29 bits per heavy atom. The average molecular weight is 233 g/mol. The van der Waals surface area contributed by atoms with Gasteiger partial charge < -0.3 is 10.0 Å². The monoisotopic (exact) mass is 233 g/mol. The summed E-state index contributed by atoms with van der Waals surface area (Å²) in [7, 11) is 0. The van der Waals surface area contributed by atoms with E-state index in [4.69, 9.17) is 5.11 Å². The maximum atomic E-state index is 11.0. The molecule has 92 valence electrons. The second kappa shape index (κ2) is 4.40. The van der Waals surface area contributed by atoms with E-state index in [0.29, 0.717) is 5.92 Å². The fourth-order valence-corrected chi connectivity index (χ4v) is 2.49. The summed E-state index contributed by atoms with van der Waals surface area (Å²) in [6.07, 6.45) is 0. The topological polar surface area (TPSA) is 40.5 Å². The summed E-state index contributed by atoms with van der Waals surface area (Å²) >= 11 is 0. The van der Waals surface area contributed by atoms with Gasteiger partial charge in [-0.1, -0.05) is 19.1 Å². The van der Waals surface area contributed by atoms with E-state index >= 15 is 0 Å². The molecule has 0 aromatic heterocycles. The van der Waals surface area contributed by atoms with Crippen LogP contribution >= 0.6 is 0 Å². The molecule has 2 unspecified atom stereocenters. The summed E-state index contributed by atoms with van der Waals surface area (Å²) in [6, 6.07) is 6.07. The first-order chi connectivity index (χ1) is 8.04. The van der Waals surface area contributed by atoms with Crippen LogP contribution in [-0.4, -0.2) is 24.2 Å². The minimum absolute atomic E-state index is 0.428. The Hall–Kier alpha value is -1.51. The lowest BCUT2D eigenvalue weighted by Crippen LogP contribution is -2.20. The smallest absolute Gasteiger partial charge is 0.310 e. The maximum Gasteiger partial charge on any atom is 0.310 e. The fourth-order valence-electron chi connectivity index (χ4n) is 2.49. The number of hydrogen-bond acceptors (Lipinski definition) is 2. The first-order valence-electron chi connectivity index (χ1n) is 6.16. The van der Waals surface area contributed by atoms with Gasteiger partial charge in [-0.25, -0.2) is 0 Å². The number of benzene rings is 1. The number of likely N-dealkylation sites (N-methyl/N-ethyl adjacent to an activating group) is 1. The van der Waals surface area contributed by atoms with Crippen molar-refractivity contribution in [2.24, 2.45) is 0 Å². The highest BCUT2D eigenvalue weighted by Gasteiger charge is 2.25. The van der Waals surface area contributed by atoms with Crippen molar-refractivity contribution in [3.63, 3.8) is 0 Å². The summed E-state index contributed by atoms with van der Waals surface area (Å²) < 4.78 is 0. The molecule has 0 spiro atoms. The molecular weight excluding hydrogens is 214 g/mol. The Bertz CT molecular complexity index is 442. The number of aliphatic carboxylic acids is 1. The van der Waals surface area contributed by atoms with E-state index < -0.39 is 11.9 Å². The molecule has 3 heteroatoms. The molecule has 1 aromatic rings. The highest BCUT2D eigenvalue weighted by Crippen LogP contribution is 2.37. The summed E-state index contributed by atoms with van der Waals surface area (Å²) in [5.74, 6) is -0.697. The van der Waals surface area contributed by atoms with Crippen molar-refractivity contribution in [1.29, 1.82) is 0 Å². The predicted octanol–water partition coefficient (Wildman–Crippen LogP) is 2.82. The van der Waals surface area contributed by atoms with Crippen molar-refractivity contribution in [3.05, 3.63) is 29.3 Å². The molecule has 2 rings (SSSR count). The molecule has 1 N–H and O–H groups in total. The van der Waals surface area contributed by atoms with E-state index in [9.17, 15) is 4.79 Å². The zero-order valence-corrected chi connectivity index (χ0v) is 10.6. The Balaban J connectivity index is 2.38. The molecular formula is C14H19NO2. The predicted molar refractivity (Wildman–Crippen MR) is 68.8 cm³/mol. The van der Waals surface area contributed by atoms with Crippen molar-refractivity contribution in [2.45, 2.75) is 32.6 Å². The van der Waals surface area contributed by atoms with Crippen LogP contribution in [0, 0.1) is 0 Å². The standard InChI is InChI=1S/C14H19NO2/c1-4-15-8-9(2)12-7-11(5-6-13(12)15)10(3)14(16)17/h5-7,9-10H,4,8H2,1-3H3,(H,16,17). The number of nitrogens with zero attached hydrogens (tertiary/aromatic N) is 1. The highest BCUT2D eigenvalue weighted by atomic mass is 16.4. The van der Waals surface area contributed by atoms with Crippen molar-refractivity contribution in [1.82, 2.24) is 0 Å². The summed E-state index contributed by atoms with van der Waals surface area (Å²) in [5.41, 5.74) is 3.46. The molecule has 1 heterocycles. The van der Waals surface area contributed by atoms with Gasteiger partial charge >= 0.3 is 5.97 Å². The van der Waals surface area contributed by atoms with Crippen molar-refractivity contribution >= 4 is 11.7 Å². The van der Waals surface area contributed by atoms with Crippen LogP contribution in [0.15, 0.2) is 18.2 Å². The number of anilines is 1. The van der Waals surface area contributed by atoms with Crippen LogP contribution in [0.1, 0.15) is 43.7 Å². The van der Waals surface area contributed by atoms with Gasteiger partial charge in [-0.05, 0) is 31.0 Å². The van der Waals surface area contributed by atoms with Gasteiger partial charge in [0, 0.05) is 24.7 Å². The second-order valence-corrected chi connectivity index (χ2v) is 4.82. The Morgan fingerprint density at radius 3 is 2.88 bits per heavy atom. The van der Waals surface area contributed by atoms with Gasteiger partial charge in [0.1, 0.15) is 0 Å². The zero-order valence-electron chi connectivity index (χ0n) is 10.6. The summed E-state index contributed by atoms with van der Waals surface area (Å²) in [4.78, 5) is 13.3. The molecule has 0 bridgehead atoms. The average Bonchev–Trinajstić information content (AvgIpc) is 2.64. The van der Waals surface area contributed by atoms with Gasteiger partial charge in [0.15, 0.2) is 0 Å². The molecule has 1 aliphatic rings. The third-order valence-corrected chi connectivity index (χ3v) is 3.67. The zero-order chi connectivity index (χ0) is 12.6. The van der Waals surface area contributed by atoms with Crippen LogP contribution in [0.25, 0.3) is 0 Å². The fraction of sp³-hybridized carbons (Fsp3) is 0.500.